The van der Waals surface area contributed by atoms with E-state index in [9.17, 15) is 30.3 Å². The van der Waals surface area contributed by atoms with Crippen molar-refractivity contribution in [3.63, 3.8) is 0 Å². The van der Waals surface area contributed by atoms with Crippen LogP contribution in [0, 0.1) is 23.7 Å². The van der Waals surface area contributed by atoms with Gasteiger partial charge in [0.2, 0.25) is 0 Å². The third kappa shape index (κ3) is 14.3. The zero-order chi connectivity index (χ0) is 53.6. The van der Waals surface area contributed by atoms with Crippen LogP contribution < -0.4 is 4.74 Å². The molecule has 0 bridgehead atoms. The lowest BCUT2D eigenvalue weighted by atomic mass is 9.76. The number of aliphatic hydroxyl groups is 5. The van der Waals surface area contributed by atoms with E-state index >= 15 is 0 Å². The molecule has 5 N–H and O–H groups in total. The molecule has 3 fully saturated rings. The second-order valence-electron chi connectivity index (χ2n) is 22.7. The summed E-state index contributed by atoms with van der Waals surface area (Å²) in [5, 5.41) is 68.8. The van der Waals surface area contributed by atoms with Gasteiger partial charge in [-0.2, -0.15) is 0 Å². The van der Waals surface area contributed by atoms with Crippen LogP contribution in [0.15, 0.2) is 53.5 Å². The summed E-state index contributed by atoms with van der Waals surface area (Å²) in [5.41, 5.74) is -1.49. The van der Waals surface area contributed by atoms with Gasteiger partial charge in [0.05, 0.1) is 72.5 Å². The van der Waals surface area contributed by atoms with Crippen molar-refractivity contribution in [1.29, 1.82) is 0 Å². The van der Waals surface area contributed by atoms with Crippen LogP contribution in [0.4, 0.5) is 0 Å². The number of aliphatic hydroxyl groups excluding tert-OH is 3. The molecule has 3 aliphatic rings. The van der Waals surface area contributed by atoms with Crippen LogP contribution >= 0.6 is 0 Å². The largest absolute Gasteiger partial charge is 0.494 e. The van der Waals surface area contributed by atoms with Gasteiger partial charge in [0.1, 0.15) is 29.7 Å². The molecule has 18 nitrogen and oxygen atoms in total. The Kier molecular flexibility index (Phi) is 20.2. The molecule has 0 radical (unpaired) electrons. The number of carbonyl (C=O) groups is 1. The van der Waals surface area contributed by atoms with Gasteiger partial charge in [0, 0.05) is 75.8 Å². The van der Waals surface area contributed by atoms with Gasteiger partial charge in [-0.15, -0.1) is 5.10 Å². The molecule has 1 aromatic carbocycles. The molecule has 73 heavy (non-hydrogen) atoms. The number of cyclic esters (lactones) is 1. The number of aryl methyl sites for hydroxylation is 1. The number of ether oxygens (including phenoxy) is 6. The van der Waals surface area contributed by atoms with Gasteiger partial charge in [-0.25, -0.2) is 0 Å². The Morgan fingerprint density at radius 1 is 0.918 bits per heavy atom. The average molecular weight is 1030 g/mol. The second-order valence-corrected chi connectivity index (χ2v) is 22.7. The standard InChI is InChI=1S/C55H89N5O13/c1-14-45-55(10,66)49(62)37(6)59(12)30-34(3)28-53(8,65)51(35(4)48(36(5)52(64)72-45)73-46-29-54(9,67-13)50(63)38(7)70-46)71-44-27-33(2)26-43(47(44)61)58(11)23-20-41-31-60(57-56-41)22-15-24-69-42-18-16-39(17-19-42)40-21-25-68-32-40/h16-19,21,25,31-38,43-51,61-63,65-66H,14-15,20,22-24,26-30H2,1-13H3/t33-,34-,35+,36-,37-,38+,43+,44-,45-,46+,47-,48+,49-,50+,51-,53-,54-,55-/m1/s1. The maximum Gasteiger partial charge on any atom is 0.311 e. The number of hydrogen-bond acceptors (Lipinski definition) is 17. The average Bonchev–Trinajstić information content (AvgIpc) is 4.06. The highest BCUT2D eigenvalue weighted by molar-refractivity contribution is 5.73. The van der Waals surface area contributed by atoms with Crippen molar-refractivity contribution in [2.45, 2.75) is 205 Å². The summed E-state index contributed by atoms with van der Waals surface area (Å²) < 4.78 is 45.3. The third-order valence-corrected chi connectivity index (χ3v) is 16.4. The van der Waals surface area contributed by atoms with E-state index < -0.39 is 95.8 Å². The fourth-order valence-corrected chi connectivity index (χ4v) is 11.7. The summed E-state index contributed by atoms with van der Waals surface area (Å²) in [7, 11) is 5.38. The van der Waals surface area contributed by atoms with Gasteiger partial charge in [0.15, 0.2) is 6.29 Å². The minimum atomic E-state index is -1.82. The van der Waals surface area contributed by atoms with Gasteiger partial charge in [0.25, 0.3) is 0 Å². The molecule has 2 saturated heterocycles. The number of likely N-dealkylation sites (N-methyl/N-ethyl adjacent to an activating group) is 2. The van der Waals surface area contributed by atoms with E-state index in [1.807, 2.05) is 81.0 Å². The van der Waals surface area contributed by atoms with Crippen LogP contribution in [0.2, 0.25) is 0 Å². The zero-order valence-corrected chi connectivity index (χ0v) is 45.8. The molecular formula is C55H89N5O13. The van der Waals surface area contributed by atoms with Gasteiger partial charge in [-0.05, 0) is 117 Å². The highest BCUT2D eigenvalue weighted by atomic mass is 16.7. The normalized spacial score (nSPS) is 38.7. The van der Waals surface area contributed by atoms with Crippen molar-refractivity contribution < 1.29 is 63.2 Å². The quantitative estimate of drug-likeness (QED) is 0.0883. The van der Waals surface area contributed by atoms with Crippen LogP contribution in [0.3, 0.4) is 0 Å². The van der Waals surface area contributed by atoms with E-state index in [0.717, 1.165) is 35.4 Å². The molecular weight excluding hydrogens is 939 g/mol. The molecule has 1 saturated carbocycles. The number of methoxy groups -OCH3 is 1. The summed E-state index contributed by atoms with van der Waals surface area (Å²) in [5.74, 6) is -1.63. The molecule has 18 heteroatoms. The second kappa shape index (κ2) is 25.1. The first-order valence-electron chi connectivity index (χ1n) is 26.6. The summed E-state index contributed by atoms with van der Waals surface area (Å²) in [6, 6.07) is 9.00. The number of hydrogen-bond donors (Lipinski definition) is 5. The highest BCUT2D eigenvalue weighted by Gasteiger charge is 2.52. The maximum atomic E-state index is 14.5. The molecule has 0 unspecified atom stereocenters. The number of nitrogens with zero attached hydrogens (tertiary/aromatic N) is 5. The number of carbonyl (C=O) groups excluding carboxylic acids is 1. The number of benzene rings is 1. The Hall–Kier alpha value is -3.53. The predicted molar refractivity (Wildman–Crippen MR) is 274 cm³/mol. The van der Waals surface area contributed by atoms with Gasteiger partial charge >= 0.3 is 5.97 Å². The smallest absolute Gasteiger partial charge is 0.311 e. The molecule has 18 atom stereocenters. The highest BCUT2D eigenvalue weighted by Crippen LogP contribution is 2.41. The van der Waals surface area contributed by atoms with Crippen molar-refractivity contribution in [2.75, 3.05) is 40.9 Å². The molecule has 6 rings (SSSR count). The number of esters is 1. The van der Waals surface area contributed by atoms with Gasteiger partial charge in [-0.3, -0.25) is 9.48 Å². The first kappa shape index (κ1) is 58.7. The molecule has 0 amide bonds. The monoisotopic (exact) mass is 1030 g/mol. The molecule has 2 aromatic heterocycles. The third-order valence-electron chi connectivity index (χ3n) is 16.4. The summed E-state index contributed by atoms with van der Waals surface area (Å²) in [4.78, 5) is 18.6. The predicted octanol–water partition coefficient (Wildman–Crippen LogP) is 5.50. The van der Waals surface area contributed by atoms with Gasteiger partial charge in [-0.1, -0.05) is 45.0 Å². The van der Waals surface area contributed by atoms with Crippen molar-refractivity contribution in [3.8, 4) is 16.9 Å². The van der Waals surface area contributed by atoms with Gasteiger partial charge < -0.3 is 68.2 Å². The zero-order valence-electron chi connectivity index (χ0n) is 45.8. The summed E-state index contributed by atoms with van der Waals surface area (Å²) in [6.45, 7) is 20.3. The Morgan fingerprint density at radius 3 is 2.29 bits per heavy atom. The van der Waals surface area contributed by atoms with Crippen molar-refractivity contribution in [1.82, 2.24) is 24.8 Å². The fraction of sp³-hybridized carbons (Fsp3) is 0.764. The number of aromatic nitrogens is 3. The first-order valence-corrected chi connectivity index (χ1v) is 26.6. The molecule has 412 valence electrons. The molecule has 2 aliphatic heterocycles. The molecule has 3 aromatic rings. The van der Waals surface area contributed by atoms with Crippen LogP contribution in [0.25, 0.3) is 11.1 Å². The van der Waals surface area contributed by atoms with Crippen molar-refractivity contribution in [3.05, 3.63) is 54.7 Å². The molecule has 4 heterocycles. The minimum Gasteiger partial charge on any atom is -0.494 e. The molecule has 1 aliphatic carbocycles. The lowest BCUT2D eigenvalue weighted by Gasteiger charge is -2.49. The van der Waals surface area contributed by atoms with E-state index in [0.29, 0.717) is 39.1 Å². The Labute approximate surface area is 433 Å². The number of furan rings is 1. The summed E-state index contributed by atoms with van der Waals surface area (Å²) >= 11 is 0. The van der Waals surface area contributed by atoms with Crippen LogP contribution in [-0.4, -0.2) is 181 Å². The van der Waals surface area contributed by atoms with Crippen molar-refractivity contribution >= 4 is 5.97 Å². The van der Waals surface area contributed by atoms with Crippen LogP contribution in [-0.2, 0) is 41.4 Å². The van der Waals surface area contributed by atoms with E-state index in [2.05, 4.69) is 22.1 Å². The minimum absolute atomic E-state index is 0.129. The Bertz CT molecular complexity index is 2140. The lowest BCUT2D eigenvalue weighted by molar-refractivity contribution is -0.302. The number of rotatable bonds is 16. The van der Waals surface area contributed by atoms with Crippen LogP contribution in [0.5, 0.6) is 5.75 Å². The van der Waals surface area contributed by atoms with E-state index in [-0.39, 0.29) is 37.1 Å². The first-order chi connectivity index (χ1) is 34.4. The molecule has 0 spiro atoms. The van der Waals surface area contributed by atoms with Crippen LogP contribution in [0.1, 0.15) is 113 Å². The maximum absolute atomic E-state index is 14.5. The van der Waals surface area contributed by atoms with E-state index in [1.54, 1.807) is 47.1 Å². The Balaban J connectivity index is 1.19. The van der Waals surface area contributed by atoms with Crippen molar-refractivity contribution in [2.24, 2.45) is 23.7 Å². The topological polar surface area (TPSA) is 224 Å². The SMILES string of the molecule is CC[C@H]1OC(=O)[C@H](C)[C@@H](O[C@H]2C[C@@](C)(OC)[C@@H](O)[C@H](C)O2)[C@H](C)[C@@H](O[C@@H]2C[C@H](C)C[C@H](N(C)CCc3cn(CCCOc4ccc(-c5ccoc5)cc4)nn3)[C@H]2O)[C@](C)(O)C[C@@H](C)CN(C)[C@H](C)[C@@H](O)[C@]1(C)O. The lowest BCUT2D eigenvalue weighted by Crippen LogP contribution is -2.60. The van der Waals surface area contributed by atoms with E-state index in [4.69, 9.17) is 32.8 Å². The summed E-state index contributed by atoms with van der Waals surface area (Å²) in [6.07, 6.45) is -0.105. The Morgan fingerprint density at radius 2 is 1.63 bits per heavy atom. The van der Waals surface area contributed by atoms with E-state index in [1.165, 1.54) is 14.0 Å². The fourth-order valence-electron chi connectivity index (χ4n) is 11.7.